The minimum absolute atomic E-state index is 0.0634. The molecule has 4 nitrogen and oxygen atoms in total. The fraction of sp³-hybridized carbons (Fsp3) is 0.364. The van der Waals surface area contributed by atoms with Gasteiger partial charge in [0.05, 0.1) is 6.61 Å². The third-order valence-electron chi connectivity index (χ3n) is 4.18. The highest BCUT2D eigenvalue weighted by atomic mass is 16.5. The Balaban J connectivity index is 2.43. The van der Waals surface area contributed by atoms with E-state index in [2.05, 4.69) is 6.92 Å². The number of nitrogens with zero attached hydrogens (tertiary/aromatic N) is 1. The lowest BCUT2D eigenvalue weighted by Crippen LogP contribution is -2.40. The van der Waals surface area contributed by atoms with Gasteiger partial charge in [-0.3, -0.25) is 9.69 Å². The number of hydrogen-bond donors (Lipinski definition) is 0. The first-order valence-electron chi connectivity index (χ1n) is 9.27. The molecule has 0 saturated heterocycles. The molecule has 2 aromatic carbocycles. The minimum Gasteiger partial charge on any atom is -0.464 e. The lowest BCUT2D eigenvalue weighted by atomic mass is 10.0. The van der Waals surface area contributed by atoms with Gasteiger partial charge >= 0.3 is 5.97 Å². The Morgan fingerprint density at radius 3 is 2.12 bits per heavy atom. The molecule has 0 bridgehead atoms. The van der Waals surface area contributed by atoms with Crippen molar-refractivity contribution in [2.45, 2.75) is 45.6 Å². The molecule has 0 radical (unpaired) electrons. The topological polar surface area (TPSA) is 46.6 Å². The summed E-state index contributed by atoms with van der Waals surface area (Å²) >= 11 is 0. The molecule has 0 heterocycles. The normalized spacial score (nSPS) is 11.6. The van der Waals surface area contributed by atoms with Gasteiger partial charge in [0.1, 0.15) is 0 Å². The van der Waals surface area contributed by atoms with Crippen molar-refractivity contribution in [2.75, 3.05) is 11.5 Å². The summed E-state index contributed by atoms with van der Waals surface area (Å²) in [5.74, 6) is -0.474. The summed E-state index contributed by atoms with van der Waals surface area (Å²) < 4.78 is 5.30. The predicted molar refractivity (Wildman–Crippen MR) is 104 cm³/mol. The van der Waals surface area contributed by atoms with Gasteiger partial charge in [0.2, 0.25) is 5.91 Å². The number of carbonyl (C=O) groups excluding carboxylic acids is 2. The Kier molecular flexibility index (Phi) is 7.87. The van der Waals surface area contributed by atoms with E-state index in [-0.39, 0.29) is 12.5 Å². The van der Waals surface area contributed by atoms with Gasteiger partial charge in [-0.05, 0) is 31.0 Å². The number of benzene rings is 2. The fourth-order valence-corrected chi connectivity index (χ4v) is 2.92. The zero-order chi connectivity index (χ0) is 18.8. The third-order valence-corrected chi connectivity index (χ3v) is 4.18. The molecule has 2 aromatic rings. The molecular weight excluding hydrogens is 326 g/mol. The van der Waals surface area contributed by atoms with Gasteiger partial charge in [0.25, 0.3) is 0 Å². The molecule has 0 spiro atoms. The van der Waals surface area contributed by atoms with Crippen LogP contribution in [0.5, 0.6) is 0 Å². The van der Waals surface area contributed by atoms with E-state index in [9.17, 15) is 9.59 Å². The van der Waals surface area contributed by atoms with Crippen molar-refractivity contribution in [3.8, 4) is 0 Å². The maximum Gasteiger partial charge on any atom is 0.333 e. The van der Waals surface area contributed by atoms with Gasteiger partial charge < -0.3 is 4.74 Å². The zero-order valence-corrected chi connectivity index (χ0v) is 15.6. The average Bonchev–Trinajstić information content (AvgIpc) is 2.67. The Morgan fingerprint density at radius 2 is 1.54 bits per heavy atom. The number of carbonyl (C=O) groups is 2. The van der Waals surface area contributed by atoms with Gasteiger partial charge in [-0.25, -0.2) is 4.79 Å². The standard InChI is InChI=1S/C22H27NO3/c1-3-5-8-17-20(24)23(19-15-11-7-12-16-19)21(22(25)26-4-2)18-13-9-6-10-14-18/h6-7,9-16,21H,3-5,8,17H2,1-2H3. The Bertz CT molecular complexity index is 685. The van der Waals surface area contributed by atoms with E-state index < -0.39 is 12.0 Å². The van der Waals surface area contributed by atoms with Crippen LogP contribution in [0.15, 0.2) is 60.7 Å². The van der Waals surface area contributed by atoms with Crippen molar-refractivity contribution in [1.29, 1.82) is 0 Å². The van der Waals surface area contributed by atoms with Gasteiger partial charge in [-0.1, -0.05) is 68.3 Å². The van der Waals surface area contributed by atoms with E-state index in [1.807, 2.05) is 60.7 Å². The summed E-state index contributed by atoms with van der Waals surface area (Å²) in [6, 6.07) is 17.9. The van der Waals surface area contributed by atoms with Gasteiger partial charge in [-0.15, -0.1) is 0 Å². The van der Waals surface area contributed by atoms with Gasteiger partial charge in [0, 0.05) is 12.1 Å². The van der Waals surface area contributed by atoms with Crippen LogP contribution in [-0.4, -0.2) is 18.5 Å². The van der Waals surface area contributed by atoms with Crippen LogP contribution in [0.2, 0.25) is 0 Å². The molecule has 0 fully saturated rings. The Morgan fingerprint density at radius 1 is 0.923 bits per heavy atom. The number of anilines is 1. The third kappa shape index (κ3) is 5.19. The molecule has 0 aliphatic carbocycles. The molecule has 1 atom stereocenters. The molecule has 138 valence electrons. The van der Waals surface area contributed by atoms with E-state index in [1.165, 1.54) is 0 Å². The summed E-state index contributed by atoms with van der Waals surface area (Å²) in [7, 11) is 0. The second-order valence-electron chi connectivity index (χ2n) is 6.12. The number of esters is 1. The summed E-state index contributed by atoms with van der Waals surface area (Å²) in [5.41, 5.74) is 1.45. The van der Waals surface area contributed by atoms with Crippen LogP contribution >= 0.6 is 0 Å². The molecule has 0 saturated carbocycles. The Hall–Kier alpha value is -2.62. The lowest BCUT2D eigenvalue weighted by Gasteiger charge is -2.31. The molecule has 1 amide bonds. The highest BCUT2D eigenvalue weighted by Gasteiger charge is 2.33. The van der Waals surface area contributed by atoms with E-state index in [0.717, 1.165) is 24.8 Å². The molecule has 0 N–H and O–H groups in total. The molecule has 2 rings (SSSR count). The zero-order valence-electron chi connectivity index (χ0n) is 15.6. The number of ether oxygens (including phenoxy) is 1. The smallest absolute Gasteiger partial charge is 0.333 e. The monoisotopic (exact) mass is 353 g/mol. The predicted octanol–water partition coefficient (Wildman–Crippen LogP) is 4.90. The Labute approximate surface area is 155 Å². The minimum atomic E-state index is -0.785. The highest BCUT2D eigenvalue weighted by molar-refractivity contribution is 6.00. The number of unbranched alkanes of at least 4 members (excludes halogenated alkanes) is 2. The summed E-state index contributed by atoms with van der Waals surface area (Å²) in [5, 5.41) is 0. The van der Waals surface area contributed by atoms with Crippen molar-refractivity contribution in [3.63, 3.8) is 0 Å². The van der Waals surface area contributed by atoms with E-state index in [1.54, 1.807) is 11.8 Å². The largest absolute Gasteiger partial charge is 0.464 e. The van der Waals surface area contributed by atoms with Gasteiger partial charge in [0.15, 0.2) is 6.04 Å². The quantitative estimate of drug-likeness (QED) is 0.475. The first-order valence-corrected chi connectivity index (χ1v) is 9.27. The molecule has 0 aliphatic heterocycles. The lowest BCUT2D eigenvalue weighted by molar-refractivity contribution is -0.146. The van der Waals surface area contributed by atoms with Gasteiger partial charge in [-0.2, -0.15) is 0 Å². The van der Waals surface area contributed by atoms with Crippen LogP contribution < -0.4 is 4.90 Å². The van der Waals surface area contributed by atoms with Crippen LogP contribution in [0, 0.1) is 0 Å². The van der Waals surface area contributed by atoms with Crippen molar-refractivity contribution in [2.24, 2.45) is 0 Å². The fourth-order valence-electron chi connectivity index (χ4n) is 2.92. The first kappa shape index (κ1) is 19.7. The molecular formula is C22H27NO3. The van der Waals surface area contributed by atoms with Crippen LogP contribution in [0.25, 0.3) is 0 Å². The van der Waals surface area contributed by atoms with Crippen molar-refractivity contribution < 1.29 is 14.3 Å². The SMILES string of the molecule is CCCCCC(=O)N(c1ccccc1)C(C(=O)OCC)c1ccccc1. The number of para-hydroxylation sites is 1. The molecule has 0 aromatic heterocycles. The average molecular weight is 353 g/mol. The summed E-state index contributed by atoms with van der Waals surface area (Å²) in [6.07, 6.45) is 3.25. The molecule has 0 aliphatic rings. The van der Waals surface area contributed by atoms with Crippen LogP contribution in [0.4, 0.5) is 5.69 Å². The maximum absolute atomic E-state index is 13.1. The van der Waals surface area contributed by atoms with Crippen LogP contribution in [-0.2, 0) is 14.3 Å². The maximum atomic E-state index is 13.1. The summed E-state index contributed by atoms with van der Waals surface area (Å²) in [6.45, 7) is 4.15. The highest BCUT2D eigenvalue weighted by Crippen LogP contribution is 2.29. The molecule has 26 heavy (non-hydrogen) atoms. The van der Waals surface area contributed by atoms with E-state index in [4.69, 9.17) is 4.74 Å². The summed E-state index contributed by atoms with van der Waals surface area (Å²) in [4.78, 5) is 27.4. The van der Waals surface area contributed by atoms with Crippen LogP contribution in [0.1, 0.15) is 51.1 Å². The molecule has 4 heteroatoms. The number of amides is 1. The molecule has 1 unspecified atom stereocenters. The van der Waals surface area contributed by atoms with Crippen molar-refractivity contribution in [1.82, 2.24) is 0 Å². The second kappa shape index (κ2) is 10.4. The van der Waals surface area contributed by atoms with Crippen molar-refractivity contribution in [3.05, 3.63) is 66.2 Å². The second-order valence-corrected chi connectivity index (χ2v) is 6.12. The first-order chi connectivity index (χ1) is 12.7. The van der Waals surface area contributed by atoms with E-state index in [0.29, 0.717) is 12.1 Å². The number of hydrogen-bond acceptors (Lipinski definition) is 3. The van der Waals surface area contributed by atoms with Crippen molar-refractivity contribution >= 4 is 17.6 Å². The number of rotatable bonds is 9. The van der Waals surface area contributed by atoms with Crippen LogP contribution in [0.3, 0.4) is 0 Å². The van der Waals surface area contributed by atoms with E-state index >= 15 is 0 Å².